The maximum Gasteiger partial charge on any atom is 0.348 e. The number of sulfonamides is 1. The van der Waals surface area contributed by atoms with Gasteiger partial charge in [-0.2, -0.15) is 4.98 Å². The summed E-state index contributed by atoms with van der Waals surface area (Å²) in [4.78, 5) is 27.1. The van der Waals surface area contributed by atoms with Gasteiger partial charge in [0.2, 0.25) is 10.0 Å². The summed E-state index contributed by atoms with van der Waals surface area (Å²) in [7, 11) is -3.81. The normalized spacial score (nSPS) is 13.7. The maximum atomic E-state index is 12.4. The van der Waals surface area contributed by atoms with Crippen LogP contribution >= 0.6 is 0 Å². The molecule has 1 aromatic heterocycles. The van der Waals surface area contributed by atoms with Crippen molar-refractivity contribution in [2.45, 2.75) is 25.3 Å². The molecule has 0 saturated carbocycles. The monoisotopic (exact) mass is 378 g/mol. The zero-order valence-corrected chi connectivity index (χ0v) is 15.1. The summed E-state index contributed by atoms with van der Waals surface area (Å²) in [5, 5.41) is 2.56. The lowest BCUT2D eigenvalue weighted by Gasteiger charge is -2.18. The zero-order valence-electron chi connectivity index (χ0n) is 14.3. The third kappa shape index (κ3) is 3.75. The van der Waals surface area contributed by atoms with Crippen LogP contribution in [0, 0.1) is 13.8 Å². The van der Waals surface area contributed by atoms with E-state index in [1.165, 1.54) is 22.8 Å². The van der Waals surface area contributed by atoms with Gasteiger partial charge in [0.1, 0.15) is 5.75 Å². The van der Waals surface area contributed by atoms with Crippen LogP contribution in [0.1, 0.15) is 11.4 Å². The summed E-state index contributed by atoms with van der Waals surface area (Å²) < 4.78 is 33.9. The molecular weight excluding hydrogens is 360 g/mol. The number of aromatic nitrogens is 2. The van der Waals surface area contributed by atoms with Crippen molar-refractivity contribution in [1.82, 2.24) is 14.3 Å². The number of hydrogen-bond acceptors (Lipinski definition) is 6. The minimum Gasteiger partial charge on any atom is -0.482 e. The van der Waals surface area contributed by atoms with Gasteiger partial charge in [-0.3, -0.25) is 9.36 Å². The Kier molecular flexibility index (Phi) is 4.79. The predicted octanol–water partition coefficient (Wildman–Crippen LogP) is 0.170. The van der Waals surface area contributed by atoms with Crippen molar-refractivity contribution in [1.29, 1.82) is 0 Å². The van der Waals surface area contributed by atoms with Gasteiger partial charge >= 0.3 is 5.69 Å². The average Bonchev–Trinajstić information content (AvgIpc) is 2.56. The molecule has 1 aliphatic rings. The van der Waals surface area contributed by atoms with Crippen LogP contribution in [0.3, 0.4) is 0 Å². The van der Waals surface area contributed by atoms with Crippen LogP contribution in [0.4, 0.5) is 5.69 Å². The number of amides is 1. The van der Waals surface area contributed by atoms with Crippen molar-refractivity contribution >= 4 is 21.6 Å². The van der Waals surface area contributed by atoms with E-state index in [9.17, 15) is 18.0 Å². The molecule has 0 radical (unpaired) electrons. The quantitative estimate of drug-likeness (QED) is 0.765. The van der Waals surface area contributed by atoms with Gasteiger partial charge in [-0.15, -0.1) is 0 Å². The molecule has 0 unspecified atom stereocenters. The number of rotatable bonds is 5. The van der Waals surface area contributed by atoms with E-state index in [0.717, 1.165) is 0 Å². The van der Waals surface area contributed by atoms with E-state index in [1.807, 2.05) is 0 Å². The van der Waals surface area contributed by atoms with Crippen molar-refractivity contribution < 1.29 is 17.9 Å². The molecular formula is C16H18N4O5S. The highest BCUT2D eigenvalue weighted by Crippen LogP contribution is 2.29. The van der Waals surface area contributed by atoms with E-state index >= 15 is 0 Å². The number of carbonyl (C=O) groups excluding carboxylic acids is 1. The molecule has 0 fully saturated rings. The van der Waals surface area contributed by atoms with Crippen LogP contribution in [-0.4, -0.2) is 37.0 Å². The first kappa shape index (κ1) is 18.1. The molecule has 0 saturated heterocycles. The number of anilines is 1. The van der Waals surface area contributed by atoms with Crippen LogP contribution in [0.5, 0.6) is 5.75 Å². The molecule has 9 nitrogen and oxygen atoms in total. The predicted molar refractivity (Wildman–Crippen MR) is 93.7 cm³/mol. The molecule has 0 bridgehead atoms. The van der Waals surface area contributed by atoms with Crippen LogP contribution in [0.2, 0.25) is 0 Å². The number of benzene rings is 1. The second-order valence-corrected chi connectivity index (χ2v) is 7.63. The Bertz CT molecular complexity index is 1030. The highest BCUT2D eigenvalue weighted by molar-refractivity contribution is 7.89. The van der Waals surface area contributed by atoms with Gasteiger partial charge in [0.05, 0.1) is 10.6 Å². The lowest BCUT2D eigenvalue weighted by molar-refractivity contribution is -0.118. The first-order chi connectivity index (χ1) is 12.3. The zero-order chi connectivity index (χ0) is 18.9. The number of aryl methyl sites for hydroxylation is 2. The lowest BCUT2D eigenvalue weighted by atomic mass is 10.2. The number of carbonyl (C=O) groups is 1. The molecule has 1 aromatic carbocycles. The van der Waals surface area contributed by atoms with Crippen LogP contribution in [0.15, 0.2) is 34.0 Å². The second-order valence-electron chi connectivity index (χ2n) is 5.87. The summed E-state index contributed by atoms with van der Waals surface area (Å²) in [6.45, 7) is 3.56. The summed E-state index contributed by atoms with van der Waals surface area (Å²) in [6.07, 6.45) is 0. The van der Waals surface area contributed by atoms with E-state index in [2.05, 4.69) is 15.0 Å². The minimum absolute atomic E-state index is 0.00634. The Hall–Kier alpha value is -2.72. The van der Waals surface area contributed by atoms with Crippen molar-refractivity contribution in [2.75, 3.05) is 18.5 Å². The Morgan fingerprint density at radius 3 is 2.77 bits per heavy atom. The van der Waals surface area contributed by atoms with Crippen molar-refractivity contribution in [3.63, 3.8) is 0 Å². The minimum atomic E-state index is -3.81. The Morgan fingerprint density at radius 2 is 2.04 bits per heavy atom. The number of nitrogens with zero attached hydrogens (tertiary/aromatic N) is 2. The summed E-state index contributed by atoms with van der Waals surface area (Å²) >= 11 is 0. The highest BCUT2D eigenvalue weighted by Gasteiger charge is 2.20. The molecule has 2 N–H and O–H groups in total. The number of nitrogens with one attached hydrogen (secondary N) is 2. The highest BCUT2D eigenvalue weighted by atomic mass is 32.2. The molecule has 3 rings (SSSR count). The lowest BCUT2D eigenvalue weighted by Crippen LogP contribution is -2.33. The van der Waals surface area contributed by atoms with E-state index in [4.69, 9.17) is 4.74 Å². The Labute approximate surface area is 150 Å². The van der Waals surface area contributed by atoms with Gasteiger partial charge in [0, 0.05) is 24.5 Å². The fraction of sp³-hybridized carbons (Fsp3) is 0.312. The van der Waals surface area contributed by atoms with Gasteiger partial charge in [0.15, 0.2) is 6.61 Å². The molecule has 0 aliphatic carbocycles. The van der Waals surface area contributed by atoms with Crippen LogP contribution < -0.4 is 20.5 Å². The fourth-order valence-electron chi connectivity index (χ4n) is 2.65. The van der Waals surface area contributed by atoms with Crippen molar-refractivity contribution in [3.05, 3.63) is 46.1 Å². The maximum absolute atomic E-state index is 12.4. The summed E-state index contributed by atoms with van der Waals surface area (Å²) in [5.74, 6) is 0.0678. The molecule has 0 spiro atoms. The van der Waals surface area contributed by atoms with Crippen molar-refractivity contribution in [3.8, 4) is 5.75 Å². The molecule has 1 amide bonds. The number of ether oxygens (including phenoxy) is 1. The number of hydrogen-bond donors (Lipinski definition) is 2. The van der Waals surface area contributed by atoms with E-state index in [1.54, 1.807) is 19.9 Å². The van der Waals surface area contributed by atoms with Gasteiger partial charge < -0.3 is 10.1 Å². The Morgan fingerprint density at radius 1 is 1.27 bits per heavy atom. The topological polar surface area (TPSA) is 119 Å². The van der Waals surface area contributed by atoms with Crippen LogP contribution in [-0.2, 0) is 21.4 Å². The van der Waals surface area contributed by atoms with Crippen molar-refractivity contribution in [2.24, 2.45) is 0 Å². The molecule has 1 aliphatic heterocycles. The average molecular weight is 378 g/mol. The van der Waals surface area contributed by atoms with Gasteiger partial charge in [0.25, 0.3) is 5.91 Å². The molecule has 2 heterocycles. The van der Waals surface area contributed by atoms with E-state index in [0.29, 0.717) is 22.8 Å². The smallest absolute Gasteiger partial charge is 0.348 e. The molecule has 0 atom stereocenters. The van der Waals surface area contributed by atoms with Gasteiger partial charge in [-0.25, -0.2) is 17.9 Å². The first-order valence-corrected chi connectivity index (χ1v) is 9.36. The summed E-state index contributed by atoms with van der Waals surface area (Å²) in [6, 6.07) is 5.97. The van der Waals surface area contributed by atoms with Gasteiger partial charge in [-0.05, 0) is 38.1 Å². The van der Waals surface area contributed by atoms with E-state index < -0.39 is 15.7 Å². The molecule has 138 valence electrons. The first-order valence-electron chi connectivity index (χ1n) is 7.88. The second kappa shape index (κ2) is 6.89. The molecule has 10 heteroatoms. The van der Waals surface area contributed by atoms with Gasteiger partial charge in [-0.1, -0.05) is 0 Å². The Balaban J connectivity index is 1.73. The molecule has 2 aromatic rings. The SMILES string of the molecule is Cc1cc(C)n(CCNS(=O)(=O)c2ccc3c(c2)NC(=O)CO3)c(=O)n1. The largest absolute Gasteiger partial charge is 0.482 e. The third-order valence-corrected chi connectivity index (χ3v) is 5.33. The molecule has 26 heavy (non-hydrogen) atoms. The third-order valence-electron chi connectivity index (χ3n) is 3.87. The summed E-state index contributed by atoms with van der Waals surface area (Å²) in [5.41, 5.74) is 1.20. The standard InChI is InChI=1S/C16H18N4O5S/c1-10-7-11(2)20(16(22)18-10)6-5-17-26(23,24)12-3-4-14-13(8-12)19-15(21)9-25-14/h3-4,7-8,17H,5-6,9H2,1-2H3,(H,19,21). The number of fused-ring (bicyclic) bond motifs is 1. The fourth-order valence-corrected chi connectivity index (χ4v) is 3.70. The van der Waals surface area contributed by atoms with Crippen LogP contribution in [0.25, 0.3) is 0 Å². The van der Waals surface area contributed by atoms with E-state index in [-0.39, 0.29) is 30.5 Å².